The molecule has 3 heteroatoms. The van der Waals surface area contributed by atoms with Gasteiger partial charge in [-0.15, -0.1) is 0 Å². The lowest BCUT2D eigenvalue weighted by Crippen LogP contribution is -2.13. The Morgan fingerprint density at radius 1 is 1.09 bits per heavy atom. The molecule has 0 aliphatic rings. The summed E-state index contributed by atoms with van der Waals surface area (Å²) in [5, 5.41) is 5.61. The highest BCUT2D eigenvalue weighted by molar-refractivity contribution is 6.06. The first-order valence-corrected chi connectivity index (χ1v) is 8.24. The third-order valence-corrected chi connectivity index (χ3v) is 4.24. The summed E-state index contributed by atoms with van der Waals surface area (Å²) in [5.41, 5.74) is 2.81. The number of carbonyl (C=O) groups is 1. The van der Waals surface area contributed by atoms with Crippen molar-refractivity contribution in [1.29, 1.82) is 0 Å². The average Bonchev–Trinajstić information content (AvgIpc) is 2.94. The van der Waals surface area contributed by atoms with Gasteiger partial charge in [0.05, 0.1) is 12.1 Å². The Kier molecular flexibility index (Phi) is 4.56. The SMILES string of the molecule is CCCC(C)C(=O)c1nn(Cc2ccccc2)c2ccccc12. The Balaban J connectivity index is 2.01. The molecule has 3 aromatic rings. The Morgan fingerprint density at radius 3 is 2.52 bits per heavy atom. The molecule has 0 saturated carbocycles. The summed E-state index contributed by atoms with van der Waals surface area (Å²) in [5.74, 6) is 0.165. The molecule has 3 nitrogen and oxygen atoms in total. The predicted octanol–water partition coefficient (Wildman–Crippen LogP) is 4.70. The molecule has 1 heterocycles. The summed E-state index contributed by atoms with van der Waals surface area (Å²) in [6.45, 7) is 4.78. The highest BCUT2D eigenvalue weighted by Crippen LogP contribution is 2.23. The highest BCUT2D eigenvalue weighted by atomic mass is 16.1. The molecule has 3 rings (SSSR count). The Hall–Kier alpha value is -2.42. The fourth-order valence-electron chi connectivity index (χ4n) is 2.98. The number of aromatic nitrogens is 2. The molecule has 0 N–H and O–H groups in total. The van der Waals surface area contributed by atoms with Crippen LogP contribution in [0.2, 0.25) is 0 Å². The third kappa shape index (κ3) is 3.19. The molecule has 0 aliphatic heterocycles. The van der Waals surface area contributed by atoms with Crippen LogP contribution in [-0.2, 0) is 6.54 Å². The van der Waals surface area contributed by atoms with E-state index in [0.29, 0.717) is 12.2 Å². The molecule has 0 aliphatic carbocycles. The summed E-state index contributed by atoms with van der Waals surface area (Å²) in [4.78, 5) is 12.7. The van der Waals surface area contributed by atoms with Gasteiger partial charge in [0.2, 0.25) is 0 Å². The highest BCUT2D eigenvalue weighted by Gasteiger charge is 2.21. The zero-order chi connectivity index (χ0) is 16.2. The van der Waals surface area contributed by atoms with Gasteiger partial charge in [-0.05, 0) is 18.1 Å². The number of Topliss-reactive ketones (excluding diaryl/α,β-unsaturated/α-hetero) is 1. The van der Waals surface area contributed by atoms with Gasteiger partial charge in [-0.25, -0.2) is 0 Å². The lowest BCUT2D eigenvalue weighted by molar-refractivity contribution is 0.0919. The van der Waals surface area contributed by atoms with Gasteiger partial charge >= 0.3 is 0 Å². The minimum Gasteiger partial charge on any atom is -0.292 e. The normalized spacial score (nSPS) is 12.4. The standard InChI is InChI=1S/C20H22N2O/c1-3-9-15(2)20(23)19-17-12-7-8-13-18(17)22(21-19)14-16-10-5-4-6-11-16/h4-8,10-13,15H,3,9,14H2,1-2H3. The Bertz CT molecular complexity index is 805. The topological polar surface area (TPSA) is 34.9 Å². The average molecular weight is 306 g/mol. The van der Waals surface area contributed by atoms with Gasteiger partial charge in [-0.1, -0.05) is 68.8 Å². The second kappa shape index (κ2) is 6.78. The van der Waals surface area contributed by atoms with E-state index in [4.69, 9.17) is 0 Å². The predicted molar refractivity (Wildman–Crippen MR) is 93.7 cm³/mol. The molecular weight excluding hydrogens is 284 g/mol. The zero-order valence-corrected chi connectivity index (χ0v) is 13.7. The molecule has 1 aromatic heterocycles. The Morgan fingerprint density at radius 2 is 1.78 bits per heavy atom. The van der Waals surface area contributed by atoms with E-state index in [-0.39, 0.29) is 11.7 Å². The molecule has 0 amide bonds. The summed E-state index contributed by atoms with van der Waals surface area (Å²) in [6.07, 6.45) is 1.91. The molecule has 0 radical (unpaired) electrons. The molecule has 0 bridgehead atoms. The minimum atomic E-state index is 0.0171. The molecule has 0 saturated heterocycles. The van der Waals surface area contributed by atoms with Gasteiger partial charge in [-0.3, -0.25) is 9.48 Å². The monoisotopic (exact) mass is 306 g/mol. The number of benzene rings is 2. The number of carbonyl (C=O) groups excluding carboxylic acids is 1. The quantitative estimate of drug-likeness (QED) is 0.618. The van der Waals surface area contributed by atoms with Crippen molar-refractivity contribution >= 4 is 16.7 Å². The summed E-state index contributed by atoms with van der Waals surface area (Å²) in [7, 11) is 0. The molecule has 0 fully saturated rings. The van der Waals surface area contributed by atoms with E-state index in [1.54, 1.807) is 0 Å². The van der Waals surface area contributed by atoms with Crippen LogP contribution in [0.25, 0.3) is 10.9 Å². The number of hydrogen-bond acceptors (Lipinski definition) is 2. The number of para-hydroxylation sites is 1. The zero-order valence-electron chi connectivity index (χ0n) is 13.7. The number of nitrogens with zero attached hydrogens (tertiary/aromatic N) is 2. The van der Waals surface area contributed by atoms with E-state index in [2.05, 4.69) is 24.2 Å². The van der Waals surface area contributed by atoms with E-state index in [9.17, 15) is 4.79 Å². The van der Waals surface area contributed by atoms with Gasteiger partial charge in [0.15, 0.2) is 5.78 Å². The van der Waals surface area contributed by atoms with E-state index in [1.165, 1.54) is 5.56 Å². The number of ketones is 1. The van der Waals surface area contributed by atoms with Crippen molar-refractivity contribution in [3.8, 4) is 0 Å². The Labute approximate surface area is 136 Å². The first-order valence-electron chi connectivity index (χ1n) is 8.24. The van der Waals surface area contributed by atoms with Crippen molar-refractivity contribution in [2.45, 2.75) is 33.2 Å². The van der Waals surface area contributed by atoms with Crippen LogP contribution in [0.3, 0.4) is 0 Å². The van der Waals surface area contributed by atoms with Crippen molar-refractivity contribution < 1.29 is 4.79 Å². The molecule has 118 valence electrons. The molecule has 23 heavy (non-hydrogen) atoms. The minimum absolute atomic E-state index is 0.0171. The van der Waals surface area contributed by atoms with E-state index >= 15 is 0 Å². The molecule has 2 aromatic carbocycles. The van der Waals surface area contributed by atoms with Crippen LogP contribution in [0.1, 0.15) is 42.7 Å². The summed E-state index contributed by atoms with van der Waals surface area (Å²) in [6, 6.07) is 18.2. The van der Waals surface area contributed by atoms with Crippen LogP contribution in [0.15, 0.2) is 54.6 Å². The van der Waals surface area contributed by atoms with E-state index < -0.39 is 0 Å². The van der Waals surface area contributed by atoms with Crippen LogP contribution >= 0.6 is 0 Å². The van der Waals surface area contributed by atoms with Gasteiger partial charge < -0.3 is 0 Å². The smallest absolute Gasteiger partial charge is 0.186 e. The summed E-state index contributed by atoms with van der Waals surface area (Å²) >= 11 is 0. The maximum Gasteiger partial charge on any atom is 0.186 e. The molecule has 0 spiro atoms. The van der Waals surface area contributed by atoms with E-state index in [1.807, 2.05) is 54.1 Å². The second-order valence-corrected chi connectivity index (χ2v) is 6.06. The lowest BCUT2D eigenvalue weighted by atomic mass is 9.97. The van der Waals surface area contributed by atoms with Crippen molar-refractivity contribution in [3.05, 3.63) is 65.9 Å². The van der Waals surface area contributed by atoms with Gasteiger partial charge in [0.25, 0.3) is 0 Å². The number of rotatable bonds is 6. The summed E-state index contributed by atoms with van der Waals surface area (Å²) < 4.78 is 1.94. The van der Waals surface area contributed by atoms with Gasteiger partial charge in [-0.2, -0.15) is 5.10 Å². The van der Waals surface area contributed by atoms with Crippen molar-refractivity contribution in [2.75, 3.05) is 0 Å². The maximum atomic E-state index is 12.7. The van der Waals surface area contributed by atoms with Crippen molar-refractivity contribution in [1.82, 2.24) is 9.78 Å². The van der Waals surface area contributed by atoms with Crippen LogP contribution < -0.4 is 0 Å². The molecule has 1 atom stereocenters. The van der Waals surface area contributed by atoms with Crippen LogP contribution in [0.4, 0.5) is 0 Å². The maximum absolute atomic E-state index is 12.7. The van der Waals surface area contributed by atoms with Gasteiger partial charge in [0.1, 0.15) is 5.69 Å². The van der Waals surface area contributed by atoms with Crippen LogP contribution in [0.5, 0.6) is 0 Å². The van der Waals surface area contributed by atoms with Crippen molar-refractivity contribution in [2.24, 2.45) is 5.92 Å². The first-order chi connectivity index (χ1) is 11.2. The third-order valence-electron chi connectivity index (χ3n) is 4.24. The van der Waals surface area contributed by atoms with Gasteiger partial charge in [0, 0.05) is 11.3 Å². The van der Waals surface area contributed by atoms with Crippen molar-refractivity contribution in [3.63, 3.8) is 0 Å². The molecule has 1 unspecified atom stereocenters. The number of hydrogen-bond donors (Lipinski definition) is 0. The van der Waals surface area contributed by atoms with Crippen LogP contribution in [-0.4, -0.2) is 15.6 Å². The fraction of sp³-hybridized carbons (Fsp3) is 0.300. The first kappa shape index (κ1) is 15.5. The second-order valence-electron chi connectivity index (χ2n) is 6.06. The fourth-order valence-corrected chi connectivity index (χ4v) is 2.98. The van der Waals surface area contributed by atoms with Crippen LogP contribution in [0, 0.1) is 5.92 Å². The van der Waals surface area contributed by atoms with E-state index in [0.717, 1.165) is 23.7 Å². The largest absolute Gasteiger partial charge is 0.292 e. The lowest BCUT2D eigenvalue weighted by Gasteiger charge is -2.06. The number of fused-ring (bicyclic) bond motifs is 1. The molecular formula is C20H22N2O.